The normalized spacial score (nSPS) is 11.9. The molecule has 0 fully saturated rings. The van der Waals surface area contributed by atoms with E-state index in [0.29, 0.717) is 11.6 Å². The molecule has 112 valence electrons. The van der Waals surface area contributed by atoms with E-state index >= 15 is 0 Å². The minimum Gasteiger partial charge on any atom is -0.496 e. The van der Waals surface area contributed by atoms with Crippen LogP contribution in [0.3, 0.4) is 0 Å². The molecule has 2 rings (SSSR count). The summed E-state index contributed by atoms with van der Waals surface area (Å²) in [5.74, 6) is 1.12. The largest absolute Gasteiger partial charge is 0.496 e. The monoisotopic (exact) mass is 289 g/mol. The first-order valence-electron chi connectivity index (χ1n) is 6.89. The lowest BCUT2D eigenvalue weighted by molar-refractivity contribution is -0.121. The maximum absolute atomic E-state index is 12.2. The number of nitrogens with one attached hydrogen (secondary N) is 2. The Bertz CT molecular complexity index is 571. The number of hydrogen-bond donors (Lipinski definition) is 2. The number of tetrazole rings is 1. The lowest BCUT2D eigenvalue weighted by Gasteiger charge is -2.15. The van der Waals surface area contributed by atoms with E-state index in [1.807, 2.05) is 31.2 Å². The summed E-state index contributed by atoms with van der Waals surface area (Å²) in [6, 6.07) is 7.25. The number of carbonyl (C=O) groups is 1. The molecule has 7 heteroatoms. The molecule has 0 bridgehead atoms. The van der Waals surface area contributed by atoms with E-state index in [2.05, 4.69) is 25.9 Å². The highest BCUT2D eigenvalue weighted by molar-refractivity contribution is 5.79. The molecule has 7 nitrogen and oxygen atoms in total. The van der Waals surface area contributed by atoms with Gasteiger partial charge in [0, 0.05) is 5.56 Å². The average Bonchev–Trinajstić information content (AvgIpc) is 3.01. The average molecular weight is 289 g/mol. The number of para-hydroxylation sites is 1. The van der Waals surface area contributed by atoms with Gasteiger partial charge >= 0.3 is 0 Å². The van der Waals surface area contributed by atoms with Gasteiger partial charge in [0.25, 0.3) is 0 Å². The minimum absolute atomic E-state index is 0.0947. The van der Waals surface area contributed by atoms with Crippen LogP contribution in [0.25, 0.3) is 0 Å². The summed E-state index contributed by atoms with van der Waals surface area (Å²) in [4.78, 5) is 12.2. The lowest BCUT2D eigenvalue weighted by atomic mass is 10.1. The van der Waals surface area contributed by atoms with Crippen molar-refractivity contribution >= 4 is 5.91 Å². The Kier molecular flexibility index (Phi) is 5.25. The van der Waals surface area contributed by atoms with Crippen molar-refractivity contribution in [1.82, 2.24) is 25.9 Å². The Morgan fingerprint density at radius 2 is 2.24 bits per heavy atom. The third-order valence-corrected chi connectivity index (χ3v) is 3.13. The van der Waals surface area contributed by atoms with Crippen molar-refractivity contribution in [3.8, 4) is 5.75 Å². The number of ether oxygens (including phenoxy) is 1. The molecule has 21 heavy (non-hydrogen) atoms. The molecule has 1 heterocycles. The first kappa shape index (κ1) is 15.0. The Morgan fingerprint density at radius 1 is 1.43 bits per heavy atom. The molecule has 1 aromatic carbocycles. The first-order chi connectivity index (χ1) is 10.2. The zero-order valence-corrected chi connectivity index (χ0v) is 12.2. The Hall–Kier alpha value is -2.44. The van der Waals surface area contributed by atoms with Crippen LogP contribution >= 0.6 is 0 Å². The molecule has 0 unspecified atom stereocenters. The second kappa shape index (κ2) is 7.37. The van der Waals surface area contributed by atoms with Crippen LogP contribution in [0.2, 0.25) is 0 Å². The molecular weight excluding hydrogens is 270 g/mol. The van der Waals surface area contributed by atoms with Gasteiger partial charge in [0.1, 0.15) is 5.75 Å². The van der Waals surface area contributed by atoms with Crippen LogP contribution in [-0.2, 0) is 11.2 Å². The number of nitrogens with zero attached hydrogens (tertiary/aromatic N) is 3. The summed E-state index contributed by atoms with van der Waals surface area (Å²) in [5, 5.41) is 16.8. The number of rotatable bonds is 7. The van der Waals surface area contributed by atoms with Gasteiger partial charge in [-0.3, -0.25) is 4.79 Å². The molecule has 1 aromatic heterocycles. The number of benzene rings is 1. The molecule has 0 aliphatic carbocycles. The highest BCUT2D eigenvalue weighted by atomic mass is 16.5. The number of methoxy groups -OCH3 is 1. The fourth-order valence-electron chi connectivity index (χ4n) is 2.14. The predicted octanol–water partition coefficient (Wildman–Crippen LogP) is 1.41. The van der Waals surface area contributed by atoms with Gasteiger partial charge in [0.05, 0.1) is 19.6 Å². The molecule has 0 saturated carbocycles. The van der Waals surface area contributed by atoms with E-state index in [1.54, 1.807) is 7.11 Å². The van der Waals surface area contributed by atoms with Crippen LogP contribution in [0.1, 0.15) is 37.2 Å². The van der Waals surface area contributed by atoms with Gasteiger partial charge in [0.15, 0.2) is 5.82 Å². The maximum atomic E-state index is 12.2. The zero-order valence-electron chi connectivity index (χ0n) is 12.2. The van der Waals surface area contributed by atoms with Gasteiger partial charge in [-0.1, -0.05) is 36.8 Å². The van der Waals surface area contributed by atoms with E-state index in [0.717, 1.165) is 18.4 Å². The molecule has 0 saturated heterocycles. The van der Waals surface area contributed by atoms with E-state index < -0.39 is 0 Å². The van der Waals surface area contributed by atoms with Crippen molar-refractivity contribution in [2.75, 3.05) is 7.11 Å². The summed E-state index contributed by atoms with van der Waals surface area (Å²) in [5.41, 5.74) is 0.848. The second-order valence-electron chi connectivity index (χ2n) is 4.67. The fraction of sp³-hybridized carbons (Fsp3) is 0.429. The Morgan fingerprint density at radius 3 is 2.90 bits per heavy atom. The van der Waals surface area contributed by atoms with Gasteiger partial charge in [-0.05, 0) is 12.5 Å². The Balaban J connectivity index is 2.02. The SMILES string of the molecule is CCC[C@H](NC(=O)Cc1ccccc1OC)c1nn[nH]n1. The number of H-pyrrole nitrogens is 1. The minimum atomic E-state index is -0.226. The van der Waals surface area contributed by atoms with Crippen LogP contribution in [0.5, 0.6) is 5.75 Å². The second-order valence-corrected chi connectivity index (χ2v) is 4.67. The van der Waals surface area contributed by atoms with Gasteiger partial charge in [-0.2, -0.15) is 5.21 Å². The molecular formula is C14H19N5O2. The molecule has 2 aromatic rings. The van der Waals surface area contributed by atoms with Crippen molar-refractivity contribution in [2.45, 2.75) is 32.2 Å². The first-order valence-corrected chi connectivity index (χ1v) is 6.89. The van der Waals surface area contributed by atoms with E-state index in [4.69, 9.17) is 4.74 Å². The third-order valence-electron chi connectivity index (χ3n) is 3.13. The van der Waals surface area contributed by atoms with Crippen LogP contribution in [0.4, 0.5) is 0 Å². The molecule has 1 atom stereocenters. The summed E-state index contributed by atoms with van der Waals surface area (Å²) in [7, 11) is 1.59. The summed E-state index contributed by atoms with van der Waals surface area (Å²) >= 11 is 0. The van der Waals surface area contributed by atoms with Crippen LogP contribution in [-0.4, -0.2) is 33.6 Å². The van der Waals surface area contributed by atoms with Crippen LogP contribution < -0.4 is 10.1 Å². The highest BCUT2D eigenvalue weighted by Crippen LogP contribution is 2.19. The number of amides is 1. The van der Waals surface area contributed by atoms with Crippen molar-refractivity contribution in [2.24, 2.45) is 0 Å². The smallest absolute Gasteiger partial charge is 0.225 e. The number of aromatic nitrogens is 4. The van der Waals surface area contributed by atoms with Crippen LogP contribution in [0.15, 0.2) is 24.3 Å². The summed E-state index contributed by atoms with van der Waals surface area (Å²) in [6.07, 6.45) is 1.92. The van der Waals surface area contributed by atoms with E-state index in [9.17, 15) is 4.79 Å². The van der Waals surface area contributed by atoms with Crippen molar-refractivity contribution in [1.29, 1.82) is 0 Å². The highest BCUT2D eigenvalue weighted by Gasteiger charge is 2.18. The van der Waals surface area contributed by atoms with Gasteiger partial charge in [-0.25, -0.2) is 0 Å². The van der Waals surface area contributed by atoms with E-state index in [-0.39, 0.29) is 18.4 Å². The quantitative estimate of drug-likeness (QED) is 0.804. The molecule has 0 aliphatic rings. The maximum Gasteiger partial charge on any atom is 0.225 e. The van der Waals surface area contributed by atoms with Crippen molar-refractivity contribution in [3.05, 3.63) is 35.7 Å². The number of carbonyl (C=O) groups excluding carboxylic acids is 1. The number of hydrogen-bond acceptors (Lipinski definition) is 5. The molecule has 1 amide bonds. The summed E-state index contributed by atoms with van der Waals surface area (Å²) in [6.45, 7) is 2.04. The molecule has 0 radical (unpaired) electrons. The summed E-state index contributed by atoms with van der Waals surface area (Å²) < 4.78 is 5.25. The number of aromatic amines is 1. The van der Waals surface area contributed by atoms with Crippen LogP contribution in [0, 0.1) is 0 Å². The molecule has 0 spiro atoms. The fourth-order valence-corrected chi connectivity index (χ4v) is 2.14. The predicted molar refractivity (Wildman–Crippen MR) is 76.7 cm³/mol. The van der Waals surface area contributed by atoms with Gasteiger partial charge < -0.3 is 10.1 Å². The lowest BCUT2D eigenvalue weighted by Crippen LogP contribution is -2.30. The third kappa shape index (κ3) is 4.01. The molecule has 0 aliphatic heterocycles. The van der Waals surface area contributed by atoms with E-state index in [1.165, 1.54) is 0 Å². The van der Waals surface area contributed by atoms with Crippen molar-refractivity contribution in [3.63, 3.8) is 0 Å². The zero-order chi connectivity index (χ0) is 15.1. The van der Waals surface area contributed by atoms with Gasteiger partial charge in [0.2, 0.25) is 5.91 Å². The standard InChI is InChI=1S/C14H19N5O2/c1-3-6-11(14-16-18-19-17-14)15-13(20)9-10-7-4-5-8-12(10)21-2/h4-5,7-8,11H,3,6,9H2,1-2H3,(H,15,20)(H,16,17,18,19)/t11-/m0/s1. The topological polar surface area (TPSA) is 92.8 Å². The van der Waals surface area contributed by atoms with Gasteiger partial charge in [-0.15, -0.1) is 10.2 Å². The Labute approximate surface area is 123 Å². The molecule has 2 N–H and O–H groups in total. The van der Waals surface area contributed by atoms with Crippen molar-refractivity contribution < 1.29 is 9.53 Å².